The summed E-state index contributed by atoms with van der Waals surface area (Å²) in [5.41, 5.74) is 1.07. The van der Waals surface area contributed by atoms with Crippen LogP contribution in [0.2, 0.25) is 0 Å². The summed E-state index contributed by atoms with van der Waals surface area (Å²) in [5, 5.41) is 13.3. The third kappa shape index (κ3) is 6.76. The highest BCUT2D eigenvalue weighted by molar-refractivity contribution is 5.94. The minimum absolute atomic E-state index is 0.235. The fourth-order valence-corrected chi connectivity index (χ4v) is 2.95. The van der Waals surface area contributed by atoms with Crippen molar-refractivity contribution in [3.8, 4) is 0 Å². The van der Waals surface area contributed by atoms with E-state index < -0.39 is 36.5 Å². The van der Waals surface area contributed by atoms with Gasteiger partial charge in [0.15, 0.2) is 0 Å². The van der Waals surface area contributed by atoms with Crippen LogP contribution in [-0.4, -0.2) is 52.9 Å². The van der Waals surface area contributed by atoms with E-state index in [4.69, 9.17) is 9.84 Å². The van der Waals surface area contributed by atoms with Gasteiger partial charge in [0, 0.05) is 12.4 Å². The van der Waals surface area contributed by atoms with Crippen LogP contribution in [0.3, 0.4) is 0 Å². The summed E-state index contributed by atoms with van der Waals surface area (Å²) in [4.78, 5) is 36.5. The Bertz CT molecular complexity index is 792. The number of benzene rings is 1. The van der Waals surface area contributed by atoms with Crippen LogP contribution in [0.1, 0.15) is 25.8 Å². The quantitative estimate of drug-likeness (QED) is 0.555. The zero-order valence-corrected chi connectivity index (χ0v) is 16.7. The molecule has 0 fully saturated rings. The van der Waals surface area contributed by atoms with Gasteiger partial charge in [-0.15, -0.1) is 0 Å². The van der Waals surface area contributed by atoms with Crippen LogP contribution in [-0.2, 0) is 25.5 Å². The standard InChI is InChI=1S/C21H27N3O5/c1-3-29-21(28)18(12-11-17-9-5-4-6-10-17)22-16(2)20(27)24(15-19(25)26)23-13-7-8-14-23/h4-10,13-14,16,18,22H,3,11-12,15H2,1-2H3,(H,25,26)/t16-,18-/m0/s1. The highest BCUT2D eigenvalue weighted by atomic mass is 16.5. The first-order valence-corrected chi connectivity index (χ1v) is 9.55. The van der Waals surface area contributed by atoms with E-state index in [1.165, 1.54) is 4.68 Å². The van der Waals surface area contributed by atoms with Crippen LogP contribution in [0.5, 0.6) is 0 Å². The molecular formula is C21H27N3O5. The van der Waals surface area contributed by atoms with Gasteiger partial charge >= 0.3 is 11.9 Å². The van der Waals surface area contributed by atoms with Crippen molar-refractivity contribution in [1.82, 2.24) is 9.99 Å². The summed E-state index contributed by atoms with van der Waals surface area (Å²) in [6, 6.07) is 11.6. The van der Waals surface area contributed by atoms with Crippen LogP contribution in [0.4, 0.5) is 0 Å². The molecule has 2 atom stereocenters. The normalized spacial score (nSPS) is 12.8. The number of carbonyl (C=O) groups is 3. The van der Waals surface area contributed by atoms with E-state index in [0.717, 1.165) is 10.6 Å². The molecule has 0 aliphatic carbocycles. The highest BCUT2D eigenvalue weighted by Gasteiger charge is 2.28. The fourth-order valence-electron chi connectivity index (χ4n) is 2.95. The predicted octanol–water partition coefficient (Wildman–Crippen LogP) is 1.58. The number of aromatic nitrogens is 1. The van der Waals surface area contributed by atoms with Crippen LogP contribution in [0, 0.1) is 0 Å². The molecule has 0 spiro atoms. The lowest BCUT2D eigenvalue weighted by molar-refractivity contribution is -0.146. The zero-order chi connectivity index (χ0) is 21.2. The average molecular weight is 401 g/mol. The monoisotopic (exact) mass is 401 g/mol. The molecule has 1 aromatic carbocycles. The van der Waals surface area contributed by atoms with Crippen LogP contribution < -0.4 is 10.3 Å². The topological polar surface area (TPSA) is 101 Å². The maximum absolute atomic E-state index is 12.9. The van der Waals surface area contributed by atoms with Gasteiger partial charge in [0.1, 0.15) is 12.6 Å². The second-order valence-electron chi connectivity index (χ2n) is 6.57. The van der Waals surface area contributed by atoms with E-state index in [2.05, 4.69) is 5.32 Å². The predicted molar refractivity (Wildman–Crippen MR) is 108 cm³/mol. The van der Waals surface area contributed by atoms with Gasteiger partial charge in [0.2, 0.25) is 0 Å². The van der Waals surface area contributed by atoms with E-state index in [1.807, 2.05) is 30.3 Å². The molecule has 29 heavy (non-hydrogen) atoms. The summed E-state index contributed by atoms with van der Waals surface area (Å²) < 4.78 is 6.56. The molecule has 8 heteroatoms. The second-order valence-corrected chi connectivity index (χ2v) is 6.57. The van der Waals surface area contributed by atoms with Crippen molar-refractivity contribution in [3.05, 3.63) is 60.4 Å². The fraction of sp³-hybridized carbons (Fsp3) is 0.381. The molecule has 0 saturated carbocycles. The van der Waals surface area contributed by atoms with Gasteiger partial charge in [0.05, 0.1) is 12.6 Å². The first kappa shape index (κ1) is 22.2. The minimum Gasteiger partial charge on any atom is -0.480 e. The van der Waals surface area contributed by atoms with Crippen molar-refractivity contribution in [2.24, 2.45) is 0 Å². The maximum Gasteiger partial charge on any atom is 0.325 e. The molecular weight excluding hydrogens is 374 g/mol. The molecule has 2 rings (SSSR count). The van der Waals surface area contributed by atoms with Crippen molar-refractivity contribution in [1.29, 1.82) is 0 Å². The molecule has 2 aromatic rings. The lowest BCUT2D eigenvalue weighted by Gasteiger charge is -2.28. The number of aryl methyl sites for hydroxylation is 1. The Morgan fingerprint density at radius 2 is 1.79 bits per heavy atom. The van der Waals surface area contributed by atoms with Crippen molar-refractivity contribution < 1.29 is 24.2 Å². The number of carboxylic acid groups (broad SMARTS) is 1. The van der Waals surface area contributed by atoms with Gasteiger partial charge in [-0.1, -0.05) is 30.3 Å². The number of hydrogen-bond donors (Lipinski definition) is 2. The first-order valence-electron chi connectivity index (χ1n) is 9.55. The largest absolute Gasteiger partial charge is 0.480 e. The number of nitrogens with zero attached hydrogens (tertiary/aromatic N) is 2. The van der Waals surface area contributed by atoms with Gasteiger partial charge < -0.3 is 9.84 Å². The van der Waals surface area contributed by atoms with Gasteiger partial charge in [-0.25, -0.2) is 5.01 Å². The minimum atomic E-state index is -1.13. The SMILES string of the molecule is CCOC(=O)[C@H](CCc1ccccc1)N[C@@H](C)C(=O)N(CC(=O)O)n1cccc1. The van der Waals surface area contributed by atoms with Crippen LogP contribution in [0.15, 0.2) is 54.9 Å². The molecule has 156 valence electrons. The number of carboxylic acids is 1. The lowest BCUT2D eigenvalue weighted by atomic mass is 10.0. The first-order chi connectivity index (χ1) is 13.9. The lowest BCUT2D eigenvalue weighted by Crippen LogP contribution is -2.55. The zero-order valence-electron chi connectivity index (χ0n) is 16.7. The number of rotatable bonds is 11. The molecule has 0 radical (unpaired) electrons. The summed E-state index contributed by atoms with van der Waals surface area (Å²) >= 11 is 0. The summed E-state index contributed by atoms with van der Waals surface area (Å²) in [6.07, 6.45) is 4.26. The average Bonchev–Trinajstić information content (AvgIpc) is 3.24. The van der Waals surface area contributed by atoms with Crippen molar-refractivity contribution in [2.75, 3.05) is 18.2 Å². The smallest absolute Gasteiger partial charge is 0.325 e. The van der Waals surface area contributed by atoms with E-state index in [9.17, 15) is 14.4 Å². The van der Waals surface area contributed by atoms with Gasteiger partial charge in [-0.3, -0.25) is 24.4 Å². The Labute approximate surface area is 170 Å². The van der Waals surface area contributed by atoms with E-state index in [-0.39, 0.29) is 6.61 Å². The van der Waals surface area contributed by atoms with Crippen molar-refractivity contribution in [2.45, 2.75) is 38.8 Å². The third-order valence-electron chi connectivity index (χ3n) is 4.36. The molecule has 0 aliphatic rings. The maximum atomic E-state index is 12.9. The number of hydrogen-bond acceptors (Lipinski definition) is 5. The number of aliphatic carboxylic acids is 1. The van der Waals surface area contributed by atoms with E-state index in [1.54, 1.807) is 38.4 Å². The van der Waals surface area contributed by atoms with E-state index in [0.29, 0.717) is 12.8 Å². The second kappa shape index (κ2) is 11.0. The summed E-state index contributed by atoms with van der Waals surface area (Å²) in [6.45, 7) is 3.07. The number of ether oxygens (including phenoxy) is 1. The molecule has 0 aliphatic heterocycles. The van der Waals surface area contributed by atoms with Crippen LogP contribution in [0.25, 0.3) is 0 Å². The van der Waals surface area contributed by atoms with Crippen LogP contribution >= 0.6 is 0 Å². The molecule has 2 N–H and O–H groups in total. The summed E-state index contributed by atoms with van der Waals surface area (Å²) in [7, 11) is 0. The summed E-state index contributed by atoms with van der Waals surface area (Å²) in [5.74, 6) is -2.03. The van der Waals surface area contributed by atoms with Crippen molar-refractivity contribution >= 4 is 17.8 Å². The Morgan fingerprint density at radius 1 is 1.14 bits per heavy atom. The molecule has 1 heterocycles. The number of esters is 1. The molecule has 0 bridgehead atoms. The van der Waals surface area contributed by atoms with Gasteiger partial charge in [-0.2, -0.15) is 0 Å². The molecule has 1 amide bonds. The number of amides is 1. The van der Waals surface area contributed by atoms with Gasteiger partial charge in [-0.05, 0) is 44.4 Å². The Kier molecular flexibility index (Phi) is 8.42. The molecule has 1 aromatic heterocycles. The number of carbonyl (C=O) groups excluding carboxylic acids is 2. The molecule has 8 nitrogen and oxygen atoms in total. The number of nitrogens with one attached hydrogen (secondary N) is 1. The Hall–Kier alpha value is -3.13. The van der Waals surface area contributed by atoms with Gasteiger partial charge in [0.25, 0.3) is 5.91 Å². The molecule has 0 saturated heterocycles. The Morgan fingerprint density at radius 3 is 2.38 bits per heavy atom. The Balaban J connectivity index is 2.09. The molecule has 0 unspecified atom stereocenters. The third-order valence-corrected chi connectivity index (χ3v) is 4.36. The van der Waals surface area contributed by atoms with E-state index >= 15 is 0 Å². The van der Waals surface area contributed by atoms with Crippen molar-refractivity contribution in [3.63, 3.8) is 0 Å². The highest BCUT2D eigenvalue weighted by Crippen LogP contribution is 2.08.